The van der Waals surface area contributed by atoms with Crippen LogP contribution in [0.2, 0.25) is 5.02 Å². The molecule has 0 saturated carbocycles. The predicted octanol–water partition coefficient (Wildman–Crippen LogP) is 2.96. The molecule has 6 heteroatoms. The Balaban J connectivity index is 1.78. The number of carbonyl (C=O) groups excluding carboxylic acids is 1. The fourth-order valence-electron chi connectivity index (χ4n) is 1.35. The Morgan fingerprint density at radius 3 is 2.89 bits per heavy atom. The number of para-hydroxylation sites is 1. The van der Waals surface area contributed by atoms with E-state index in [2.05, 4.69) is 15.8 Å². The van der Waals surface area contributed by atoms with Gasteiger partial charge in [-0.05, 0) is 23.6 Å². The summed E-state index contributed by atoms with van der Waals surface area (Å²) in [4.78, 5) is 12.5. The monoisotopic (exact) mass is 293 g/mol. The van der Waals surface area contributed by atoms with Crippen molar-refractivity contribution in [1.29, 1.82) is 0 Å². The molecule has 0 radical (unpaired) electrons. The quantitative estimate of drug-likeness (QED) is 0.658. The number of benzene rings is 1. The van der Waals surface area contributed by atoms with Gasteiger partial charge in [0.1, 0.15) is 0 Å². The smallest absolute Gasteiger partial charge is 0.259 e. The summed E-state index contributed by atoms with van der Waals surface area (Å²) in [5.41, 5.74) is 3.17. The first-order chi connectivity index (χ1) is 9.25. The van der Waals surface area contributed by atoms with Crippen molar-refractivity contribution >= 4 is 40.7 Å². The van der Waals surface area contributed by atoms with Gasteiger partial charge in [-0.1, -0.05) is 29.8 Å². The number of hydrazone groups is 1. The number of halogens is 1. The Bertz CT molecular complexity index is 569. The Kier molecular flexibility index (Phi) is 4.94. The molecular formula is C13H12ClN3OS. The number of thiophene rings is 1. The highest BCUT2D eigenvalue weighted by Crippen LogP contribution is 2.19. The molecule has 0 fully saturated rings. The molecule has 0 saturated heterocycles. The lowest BCUT2D eigenvalue weighted by molar-refractivity contribution is -0.119. The molecule has 0 aliphatic rings. The Morgan fingerprint density at radius 2 is 2.16 bits per heavy atom. The number of hydrogen-bond acceptors (Lipinski definition) is 4. The minimum atomic E-state index is -0.229. The highest BCUT2D eigenvalue weighted by Gasteiger charge is 2.01. The van der Waals surface area contributed by atoms with Crippen LogP contribution < -0.4 is 10.7 Å². The van der Waals surface area contributed by atoms with Crippen molar-refractivity contribution in [2.24, 2.45) is 5.10 Å². The SMILES string of the molecule is O=C(CNc1ccccc1Cl)N/N=C/c1cccs1. The Labute approximate surface area is 120 Å². The first kappa shape index (κ1) is 13.6. The zero-order valence-electron chi connectivity index (χ0n) is 9.97. The maximum atomic E-state index is 11.5. The van der Waals surface area contributed by atoms with Crippen LogP contribution in [0.5, 0.6) is 0 Å². The van der Waals surface area contributed by atoms with Crippen LogP contribution in [0.15, 0.2) is 46.9 Å². The van der Waals surface area contributed by atoms with E-state index in [0.29, 0.717) is 5.02 Å². The average Bonchev–Trinajstić information content (AvgIpc) is 2.91. The second-order valence-electron chi connectivity index (χ2n) is 3.64. The van der Waals surface area contributed by atoms with Gasteiger partial charge in [0.25, 0.3) is 5.91 Å². The summed E-state index contributed by atoms with van der Waals surface area (Å²) in [5, 5.41) is 9.33. The topological polar surface area (TPSA) is 53.5 Å². The molecule has 1 aromatic carbocycles. The number of amides is 1. The number of hydrogen-bond donors (Lipinski definition) is 2. The van der Waals surface area contributed by atoms with Gasteiger partial charge >= 0.3 is 0 Å². The van der Waals surface area contributed by atoms with Crippen molar-refractivity contribution in [3.8, 4) is 0 Å². The van der Waals surface area contributed by atoms with Crippen molar-refractivity contribution in [3.63, 3.8) is 0 Å². The van der Waals surface area contributed by atoms with Gasteiger partial charge in [-0.3, -0.25) is 4.79 Å². The van der Waals surface area contributed by atoms with Crippen LogP contribution in [0.4, 0.5) is 5.69 Å². The van der Waals surface area contributed by atoms with Crippen LogP contribution >= 0.6 is 22.9 Å². The van der Waals surface area contributed by atoms with Gasteiger partial charge in [0.2, 0.25) is 0 Å². The van der Waals surface area contributed by atoms with Gasteiger partial charge in [0, 0.05) is 4.88 Å². The molecule has 1 aromatic heterocycles. The molecule has 0 aliphatic heterocycles. The molecule has 1 amide bonds. The summed E-state index contributed by atoms with van der Waals surface area (Å²) in [6.45, 7) is 0.117. The molecule has 0 bridgehead atoms. The third-order valence-corrected chi connectivity index (χ3v) is 3.37. The minimum Gasteiger partial charge on any atom is -0.375 e. The highest BCUT2D eigenvalue weighted by atomic mass is 35.5. The first-order valence-electron chi connectivity index (χ1n) is 5.59. The molecule has 0 spiro atoms. The van der Waals surface area contributed by atoms with E-state index in [1.165, 1.54) is 0 Å². The summed E-state index contributed by atoms with van der Waals surface area (Å²) >= 11 is 7.51. The zero-order chi connectivity index (χ0) is 13.5. The molecule has 2 rings (SSSR count). The van der Waals surface area contributed by atoms with Crippen LogP contribution in [-0.4, -0.2) is 18.7 Å². The number of carbonyl (C=O) groups is 1. The fraction of sp³-hybridized carbons (Fsp3) is 0.0769. The van der Waals surface area contributed by atoms with Crippen LogP contribution in [0, 0.1) is 0 Å². The van der Waals surface area contributed by atoms with E-state index in [4.69, 9.17) is 11.6 Å². The molecule has 19 heavy (non-hydrogen) atoms. The molecule has 1 heterocycles. The minimum absolute atomic E-state index is 0.117. The maximum absolute atomic E-state index is 11.5. The van der Waals surface area contributed by atoms with Gasteiger partial charge in [-0.2, -0.15) is 5.10 Å². The summed E-state index contributed by atoms with van der Waals surface area (Å²) in [6.07, 6.45) is 1.61. The molecule has 0 unspecified atom stereocenters. The van der Waals surface area contributed by atoms with Gasteiger partial charge in [0.15, 0.2) is 0 Å². The third-order valence-electron chi connectivity index (χ3n) is 2.24. The molecule has 2 aromatic rings. The molecular weight excluding hydrogens is 282 g/mol. The molecule has 0 atom stereocenters. The van der Waals surface area contributed by atoms with Crippen LogP contribution in [0.1, 0.15) is 4.88 Å². The normalized spacial score (nSPS) is 10.6. The summed E-state index contributed by atoms with van der Waals surface area (Å²) in [7, 11) is 0. The van der Waals surface area contributed by atoms with E-state index in [1.54, 1.807) is 23.6 Å². The summed E-state index contributed by atoms with van der Waals surface area (Å²) in [6, 6.07) is 11.1. The number of nitrogens with one attached hydrogen (secondary N) is 2. The Morgan fingerprint density at radius 1 is 1.32 bits per heavy atom. The van der Waals surface area contributed by atoms with Crippen LogP contribution in [0.3, 0.4) is 0 Å². The highest BCUT2D eigenvalue weighted by molar-refractivity contribution is 7.11. The van der Waals surface area contributed by atoms with Crippen molar-refractivity contribution in [2.75, 3.05) is 11.9 Å². The van der Waals surface area contributed by atoms with Crippen molar-refractivity contribution in [2.45, 2.75) is 0 Å². The maximum Gasteiger partial charge on any atom is 0.259 e. The zero-order valence-corrected chi connectivity index (χ0v) is 11.5. The van der Waals surface area contributed by atoms with E-state index < -0.39 is 0 Å². The molecule has 98 valence electrons. The lowest BCUT2D eigenvalue weighted by Gasteiger charge is -2.06. The van der Waals surface area contributed by atoms with Crippen molar-refractivity contribution in [1.82, 2.24) is 5.43 Å². The van der Waals surface area contributed by atoms with Crippen LogP contribution in [0.25, 0.3) is 0 Å². The lowest BCUT2D eigenvalue weighted by atomic mass is 10.3. The summed E-state index contributed by atoms with van der Waals surface area (Å²) in [5.74, 6) is -0.229. The van der Waals surface area contributed by atoms with Gasteiger partial charge < -0.3 is 5.32 Å². The standard InChI is InChI=1S/C13H12ClN3OS/c14-11-5-1-2-6-12(11)15-9-13(18)17-16-8-10-4-3-7-19-10/h1-8,15H,9H2,(H,17,18)/b16-8+. The van der Waals surface area contributed by atoms with Gasteiger partial charge in [-0.25, -0.2) is 5.43 Å². The van der Waals surface area contributed by atoms with E-state index in [1.807, 2.05) is 35.7 Å². The second-order valence-corrected chi connectivity index (χ2v) is 5.03. The first-order valence-corrected chi connectivity index (χ1v) is 6.85. The fourth-order valence-corrected chi connectivity index (χ4v) is 2.14. The second kappa shape index (κ2) is 6.92. The predicted molar refractivity (Wildman–Crippen MR) is 80.0 cm³/mol. The molecule has 4 nitrogen and oxygen atoms in total. The van der Waals surface area contributed by atoms with E-state index in [9.17, 15) is 4.79 Å². The van der Waals surface area contributed by atoms with Crippen LogP contribution in [-0.2, 0) is 4.79 Å². The number of anilines is 1. The van der Waals surface area contributed by atoms with E-state index in [0.717, 1.165) is 10.6 Å². The lowest BCUT2D eigenvalue weighted by Crippen LogP contribution is -2.25. The molecule has 2 N–H and O–H groups in total. The third kappa shape index (κ3) is 4.39. The summed E-state index contributed by atoms with van der Waals surface area (Å²) < 4.78 is 0. The van der Waals surface area contributed by atoms with E-state index in [-0.39, 0.29) is 12.5 Å². The largest absolute Gasteiger partial charge is 0.375 e. The number of rotatable bonds is 5. The van der Waals surface area contributed by atoms with Gasteiger partial charge in [-0.15, -0.1) is 11.3 Å². The van der Waals surface area contributed by atoms with Crippen molar-refractivity contribution in [3.05, 3.63) is 51.7 Å². The van der Waals surface area contributed by atoms with Crippen molar-refractivity contribution < 1.29 is 4.79 Å². The average molecular weight is 294 g/mol. The van der Waals surface area contributed by atoms with Gasteiger partial charge in [0.05, 0.1) is 23.5 Å². The van der Waals surface area contributed by atoms with E-state index >= 15 is 0 Å². The molecule has 0 aliphatic carbocycles. The Hall–Kier alpha value is -1.85. The number of nitrogens with zero attached hydrogens (tertiary/aromatic N) is 1.